The number of rotatable bonds is 4. The van der Waals surface area contributed by atoms with Gasteiger partial charge in [0.25, 0.3) is 0 Å². The monoisotopic (exact) mass is 350 g/mol. The van der Waals surface area contributed by atoms with Crippen LogP contribution in [0.1, 0.15) is 26.7 Å². The number of benzene rings is 1. The van der Waals surface area contributed by atoms with Crippen LogP contribution in [-0.2, 0) is 10.0 Å². The van der Waals surface area contributed by atoms with E-state index in [2.05, 4.69) is 23.9 Å². The van der Waals surface area contributed by atoms with Gasteiger partial charge in [-0.25, -0.2) is 17.9 Å². The maximum atomic E-state index is 12.6. The fraction of sp³-hybridized carbons (Fsp3) is 0.471. The van der Waals surface area contributed by atoms with Crippen LogP contribution in [0.4, 0.5) is 0 Å². The van der Waals surface area contributed by atoms with Crippen LogP contribution in [0.5, 0.6) is 0 Å². The van der Waals surface area contributed by atoms with Gasteiger partial charge in [0.15, 0.2) is 0 Å². The molecule has 1 unspecified atom stereocenters. The molecule has 7 heteroatoms. The highest BCUT2D eigenvalue weighted by molar-refractivity contribution is 7.89. The van der Waals surface area contributed by atoms with Crippen LogP contribution >= 0.6 is 0 Å². The fourth-order valence-corrected chi connectivity index (χ4v) is 4.19. The zero-order chi connectivity index (χ0) is 17.4. The largest absolute Gasteiger partial charge is 0.423 e. The summed E-state index contributed by atoms with van der Waals surface area (Å²) in [4.78, 5) is 11.4. The van der Waals surface area contributed by atoms with Gasteiger partial charge in [0, 0.05) is 24.0 Å². The van der Waals surface area contributed by atoms with Crippen molar-refractivity contribution in [3.8, 4) is 0 Å². The second-order valence-electron chi connectivity index (χ2n) is 6.90. The summed E-state index contributed by atoms with van der Waals surface area (Å²) in [6, 6.07) is 7.41. The Hall–Kier alpha value is -1.70. The molecule has 1 aromatic heterocycles. The molecule has 0 saturated carbocycles. The Labute approximate surface area is 141 Å². The van der Waals surface area contributed by atoms with Crippen molar-refractivity contribution in [1.82, 2.24) is 10.0 Å². The van der Waals surface area contributed by atoms with E-state index in [0.29, 0.717) is 17.5 Å². The van der Waals surface area contributed by atoms with Crippen molar-refractivity contribution in [2.24, 2.45) is 5.41 Å². The maximum Gasteiger partial charge on any atom is 0.336 e. The number of hydrogen-bond donors (Lipinski definition) is 2. The average Bonchev–Trinajstić information content (AvgIpc) is 2.53. The Morgan fingerprint density at radius 1 is 1.29 bits per heavy atom. The summed E-state index contributed by atoms with van der Waals surface area (Å²) >= 11 is 0. The first-order valence-corrected chi connectivity index (χ1v) is 9.53. The number of sulfonamides is 1. The van der Waals surface area contributed by atoms with Crippen LogP contribution in [0.2, 0.25) is 0 Å². The highest BCUT2D eigenvalue weighted by Gasteiger charge is 2.32. The molecule has 2 aromatic rings. The predicted molar refractivity (Wildman–Crippen MR) is 92.5 cm³/mol. The molecular formula is C17H22N2O4S. The number of fused-ring (bicyclic) bond motifs is 1. The summed E-state index contributed by atoms with van der Waals surface area (Å²) < 4.78 is 32.9. The van der Waals surface area contributed by atoms with E-state index in [1.165, 1.54) is 24.3 Å². The lowest BCUT2D eigenvalue weighted by atomic mass is 9.78. The SMILES string of the molecule is CC1(C)CCCNC1CNS(=O)(=O)c1ccc2oc(=O)ccc2c1. The molecule has 0 amide bonds. The highest BCUT2D eigenvalue weighted by atomic mass is 32.2. The lowest BCUT2D eigenvalue weighted by Crippen LogP contribution is -2.52. The van der Waals surface area contributed by atoms with Crippen molar-refractivity contribution in [1.29, 1.82) is 0 Å². The summed E-state index contributed by atoms with van der Waals surface area (Å²) in [7, 11) is -3.62. The zero-order valence-corrected chi connectivity index (χ0v) is 14.7. The molecule has 3 rings (SSSR count). The van der Waals surface area contributed by atoms with Crippen LogP contribution in [0, 0.1) is 5.41 Å². The third-order valence-corrected chi connectivity index (χ3v) is 6.13. The third-order valence-electron chi connectivity index (χ3n) is 4.71. The first-order chi connectivity index (χ1) is 11.3. The standard InChI is InChI=1S/C17H22N2O4S/c1-17(2)8-3-9-18-15(17)11-19-24(21,22)13-5-6-14-12(10-13)4-7-16(20)23-14/h4-7,10,15,18-19H,3,8-9,11H2,1-2H3. The minimum atomic E-state index is -3.62. The van der Waals surface area contributed by atoms with E-state index < -0.39 is 15.6 Å². The van der Waals surface area contributed by atoms with Crippen molar-refractivity contribution < 1.29 is 12.8 Å². The molecule has 0 spiro atoms. The molecule has 130 valence electrons. The molecule has 0 bridgehead atoms. The lowest BCUT2D eigenvalue weighted by molar-refractivity contribution is 0.181. The van der Waals surface area contributed by atoms with Gasteiger partial charge in [-0.05, 0) is 49.1 Å². The molecule has 1 fully saturated rings. The first-order valence-electron chi connectivity index (χ1n) is 8.05. The molecule has 24 heavy (non-hydrogen) atoms. The molecule has 1 aliphatic heterocycles. The summed E-state index contributed by atoms with van der Waals surface area (Å²) in [5.74, 6) is 0. The van der Waals surface area contributed by atoms with E-state index in [4.69, 9.17) is 4.42 Å². The summed E-state index contributed by atoms with van der Waals surface area (Å²) in [5.41, 5.74) is -0.0357. The second kappa shape index (κ2) is 6.31. The van der Waals surface area contributed by atoms with Gasteiger partial charge in [0.1, 0.15) is 5.58 Å². The van der Waals surface area contributed by atoms with Crippen molar-refractivity contribution in [2.75, 3.05) is 13.1 Å². The molecule has 1 saturated heterocycles. The lowest BCUT2D eigenvalue weighted by Gasteiger charge is -2.39. The van der Waals surface area contributed by atoms with Gasteiger partial charge in [-0.1, -0.05) is 13.8 Å². The highest BCUT2D eigenvalue weighted by Crippen LogP contribution is 2.30. The second-order valence-corrected chi connectivity index (χ2v) is 8.67. The topological polar surface area (TPSA) is 88.4 Å². The first kappa shape index (κ1) is 17.1. The van der Waals surface area contributed by atoms with Crippen LogP contribution in [-0.4, -0.2) is 27.5 Å². The number of piperidine rings is 1. The summed E-state index contributed by atoms with van der Waals surface area (Å²) in [6.07, 6.45) is 2.17. The number of nitrogens with one attached hydrogen (secondary N) is 2. The van der Waals surface area contributed by atoms with E-state index in [1.54, 1.807) is 6.07 Å². The molecule has 2 heterocycles. The Bertz CT molecular complexity index is 902. The van der Waals surface area contributed by atoms with Crippen molar-refractivity contribution in [2.45, 2.75) is 37.6 Å². The van der Waals surface area contributed by atoms with Crippen LogP contribution in [0.15, 0.2) is 44.4 Å². The average molecular weight is 350 g/mol. The fourth-order valence-electron chi connectivity index (χ4n) is 3.11. The van der Waals surface area contributed by atoms with Gasteiger partial charge in [-0.15, -0.1) is 0 Å². The van der Waals surface area contributed by atoms with Crippen LogP contribution in [0.3, 0.4) is 0 Å². The third kappa shape index (κ3) is 3.53. The zero-order valence-electron chi connectivity index (χ0n) is 13.8. The summed E-state index contributed by atoms with van der Waals surface area (Å²) in [5, 5.41) is 3.97. The molecule has 0 aliphatic carbocycles. The Morgan fingerprint density at radius 3 is 2.83 bits per heavy atom. The van der Waals surface area contributed by atoms with Crippen LogP contribution < -0.4 is 15.7 Å². The summed E-state index contributed by atoms with van der Waals surface area (Å²) in [6.45, 7) is 5.55. The predicted octanol–water partition coefficient (Wildman–Crippen LogP) is 1.85. The quantitative estimate of drug-likeness (QED) is 0.822. The minimum Gasteiger partial charge on any atom is -0.423 e. The van der Waals surface area contributed by atoms with Gasteiger partial charge in [0.05, 0.1) is 4.90 Å². The van der Waals surface area contributed by atoms with Gasteiger partial charge in [-0.2, -0.15) is 0 Å². The Balaban J connectivity index is 1.80. The smallest absolute Gasteiger partial charge is 0.336 e. The van der Waals surface area contributed by atoms with E-state index in [-0.39, 0.29) is 16.4 Å². The van der Waals surface area contributed by atoms with Gasteiger partial charge < -0.3 is 9.73 Å². The van der Waals surface area contributed by atoms with Gasteiger partial charge in [-0.3, -0.25) is 0 Å². The van der Waals surface area contributed by atoms with E-state index in [1.807, 2.05) is 0 Å². The number of hydrogen-bond acceptors (Lipinski definition) is 5. The van der Waals surface area contributed by atoms with Crippen molar-refractivity contribution >= 4 is 21.0 Å². The molecule has 2 N–H and O–H groups in total. The Morgan fingerprint density at radius 2 is 2.08 bits per heavy atom. The molecule has 6 nitrogen and oxygen atoms in total. The van der Waals surface area contributed by atoms with Crippen molar-refractivity contribution in [3.63, 3.8) is 0 Å². The van der Waals surface area contributed by atoms with E-state index >= 15 is 0 Å². The minimum absolute atomic E-state index is 0.0492. The normalized spacial score (nSPS) is 21.0. The maximum absolute atomic E-state index is 12.6. The van der Waals surface area contributed by atoms with Gasteiger partial charge >= 0.3 is 5.63 Å². The molecule has 1 aromatic carbocycles. The molecule has 1 atom stereocenters. The van der Waals surface area contributed by atoms with Crippen molar-refractivity contribution in [3.05, 3.63) is 40.8 Å². The van der Waals surface area contributed by atoms with Crippen LogP contribution in [0.25, 0.3) is 11.0 Å². The molecular weight excluding hydrogens is 328 g/mol. The molecule has 0 radical (unpaired) electrons. The Kier molecular flexibility index (Phi) is 4.50. The van der Waals surface area contributed by atoms with E-state index in [9.17, 15) is 13.2 Å². The van der Waals surface area contributed by atoms with E-state index in [0.717, 1.165) is 19.4 Å². The van der Waals surface area contributed by atoms with Gasteiger partial charge in [0.2, 0.25) is 10.0 Å². The molecule has 1 aliphatic rings.